The van der Waals surface area contributed by atoms with E-state index >= 15 is 0 Å². The van der Waals surface area contributed by atoms with Crippen molar-refractivity contribution in [3.8, 4) is 0 Å². The van der Waals surface area contributed by atoms with E-state index in [4.69, 9.17) is 0 Å². The molecule has 2 aromatic carbocycles. The van der Waals surface area contributed by atoms with Gasteiger partial charge in [0.25, 0.3) is 5.91 Å². The fraction of sp³-hybridized carbons (Fsp3) is 0.263. The number of quaternary nitrogens is 1. The molecule has 1 amide bonds. The predicted molar refractivity (Wildman–Crippen MR) is 99.5 cm³/mol. The zero-order valence-electron chi connectivity index (χ0n) is 14.0. The molecular formula is C19H22N3OS+. The number of hydrogen-bond donors (Lipinski definition) is 2. The maximum absolute atomic E-state index is 12.2. The molecule has 0 bridgehead atoms. The van der Waals surface area contributed by atoms with Crippen molar-refractivity contribution in [2.75, 3.05) is 18.9 Å². The first-order valence-corrected chi connectivity index (χ1v) is 9.00. The molecule has 0 radical (unpaired) electrons. The second-order valence-corrected chi connectivity index (χ2v) is 7.10. The number of hydrogen-bond acceptors (Lipinski definition) is 3. The van der Waals surface area contributed by atoms with Crippen LogP contribution in [0.15, 0.2) is 48.5 Å². The molecule has 1 unspecified atom stereocenters. The highest BCUT2D eigenvalue weighted by Crippen LogP contribution is 2.20. The first-order valence-electron chi connectivity index (χ1n) is 8.18. The van der Waals surface area contributed by atoms with Gasteiger partial charge in [-0.05, 0) is 36.2 Å². The van der Waals surface area contributed by atoms with Crippen LogP contribution in [0.25, 0.3) is 10.2 Å². The summed E-state index contributed by atoms with van der Waals surface area (Å²) in [6, 6.07) is 16.1. The Balaban J connectivity index is 1.55. The average molecular weight is 340 g/mol. The molecule has 0 saturated heterocycles. The Morgan fingerprint density at radius 2 is 1.92 bits per heavy atom. The van der Waals surface area contributed by atoms with Gasteiger partial charge in [-0.2, -0.15) is 0 Å². The highest BCUT2D eigenvalue weighted by molar-refractivity contribution is 7.18. The summed E-state index contributed by atoms with van der Waals surface area (Å²) in [5.41, 5.74) is 3.15. The van der Waals surface area contributed by atoms with Crippen molar-refractivity contribution in [1.82, 2.24) is 4.98 Å². The van der Waals surface area contributed by atoms with Gasteiger partial charge in [0, 0.05) is 5.69 Å². The number of aromatic nitrogens is 1. The van der Waals surface area contributed by atoms with Gasteiger partial charge in [-0.15, -0.1) is 11.3 Å². The molecule has 4 nitrogen and oxygen atoms in total. The lowest BCUT2D eigenvalue weighted by atomic mass is 10.1. The number of anilines is 1. The molecule has 0 aliphatic rings. The van der Waals surface area contributed by atoms with Crippen molar-refractivity contribution < 1.29 is 9.69 Å². The van der Waals surface area contributed by atoms with E-state index in [-0.39, 0.29) is 5.91 Å². The van der Waals surface area contributed by atoms with Crippen LogP contribution >= 0.6 is 11.3 Å². The average Bonchev–Trinajstić information content (AvgIpc) is 2.97. The van der Waals surface area contributed by atoms with Gasteiger partial charge in [-0.1, -0.05) is 31.2 Å². The largest absolute Gasteiger partial charge is 0.324 e. The van der Waals surface area contributed by atoms with Gasteiger partial charge in [0.2, 0.25) is 0 Å². The first kappa shape index (κ1) is 16.6. The molecule has 24 heavy (non-hydrogen) atoms. The number of fused-ring (bicyclic) bond motifs is 1. The molecule has 0 aliphatic carbocycles. The molecule has 1 atom stereocenters. The van der Waals surface area contributed by atoms with E-state index in [1.807, 2.05) is 49.5 Å². The third-order valence-electron chi connectivity index (χ3n) is 3.90. The van der Waals surface area contributed by atoms with Gasteiger partial charge in [0.1, 0.15) is 11.6 Å². The lowest BCUT2D eigenvalue weighted by molar-refractivity contribution is -0.885. The van der Waals surface area contributed by atoms with E-state index in [2.05, 4.69) is 23.3 Å². The fourth-order valence-electron chi connectivity index (χ4n) is 2.62. The lowest BCUT2D eigenvalue weighted by Crippen LogP contribution is -3.08. The molecule has 1 aromatic heterocycles. The number of benzene rings is 2. The Hall–Kier alpha value is -2.24. The fourth-order valence-corrected chi connectivity index (χ4v) is 3.70. The second kappa shape index (κ2) is 7.55. The number of aryl methyl sites for hydroxylation is 1. The SMILES string of the molecule is CCc1ccc(NC(=O)C[NH+](C)Cc2nc3ccccc3s2)cc1. The van der Waals surface area contributed by atoms with E-state index in [0.717, 1.165) is 34.1 Å². The zero-order chi connectivity index (χ0) is 16.9. The smallest absolute Gasteiger partial charge is 0.279 e. The number of nitrogens with one attached hydrogen (secondary N) is 2. The molecule has 0 aliphatic heterocycles. The Morgan fingerprint density at radius 1 is 1.17 bits per heavy atom. The normalized spacial score (nSPS) is 12.2. The van der Waals surface area contributed by atoms with Crippen LogP contribution < -0.4 is 10.2 Å². The zero-order valence-corrected chi connectivity index (χ0v) is 14.8. The van der Waals surface area contributed by atoms with Crippen molar-refractivity contribution in [3.63, 3.8) is 0 Å². The van der Waals surface area contributed by atoms with Crippen LogP contribution in [0, 0.1) is 0 Å². The molecule has 1 heterocycles. The number of amides is 1. The first-order chi connectivity index (χ1) is 11.6. The van der Waals surface area contributed by atoms with Crippen molar-refractivity contribution in [1.29, 1.82) is 0 Å². The summed E-state index contributed by atoms with van der Waals surface area (Å²) in [6.07, 6.45) is 1.00. The molecule has 3 aromatic rings. The van der Waals surface area contributed by atoms with Crippen molar-refractivity contribution >= 4 is 33.1 Å². The third-order valence-corrected chi connectivity index (χ3v) is 4.94. The van der Waals surface area contributed by atoms with Crippen LogP contribution in [-0.2, 0) is 17.8 Å². The summed E-state index contributed by atoms with van der Waals surface area (Å²) in [7, 11) is 2.02. The van der Waals surface area contributed by atoms with Gasteiger partial charge in [-0.25, -0.2) is 4.98 Å². The quantitative estimate of drug-likeness (QED) is 0.724. The van der Waals surface area contributed by atoms with Crippen molar-refractivity contribution in [3.05, 3.63) is 59.1 Å². The van der Waals surface area contributed by atoms with Crippen molar-refractivity contribution in [2.24, 2.45) is 0 Å². The van der Waals surface area contributed by atoms with Gasteiger partial charge in [-0.3, -0.25) is 4.79 Å². The maximum atomic E-state index is 12.2. The third kappa shape index (κ3) is 4.19. The molecule has 3 rings (SSSR count). The molecular weight excluding hydrogens is 318 g/mol. The number of carbonyl (C=O) groups is 1. The van der Waals surface area contributed by atoms with E-state index < -0.39 is 0 Å². The van der Waals surface area contributed by atoms with Gasteiger partial charge >= 0.3 is 0 Å². The monoisotopic (exact) mass is 340 g/mol. The number of rotatable bonds is 6. The van der Waals surface area contributed by atoms with Crippen LogP contribution in [0.1, 0.15) is 17.5 Å². The second-order valence-electron chi connectivity index (χ2n) is 5.98. The highest BCUT2D eigenvalue weighted by atomic mass is 32.1. The Morgan fingerprint density at radius 3 is 2.62 bits per heavy atom. The van der Waals surface area contributed by atoms with E-state index in [9.17, 15) is 4.79 Å². The Kier molecular flexibility index (Phi) is 5.23. The highest BCUT2D eigenvalue weighted by Gasteiger charge is 2.13. The van der Waals surface area contributed by atoms with Gasteiger partial charge in [0.15, 0.2) is 6.54 Å². The predicted octanol–water partition coefficient (Wildman–Crippen LogP) is 2.51. The van der Waals surface area contributed by atoms with Crippen LogP contribution in [0.5, 0.6) is 0 Å². The Bertz CT molecular complexity index is 793. The number of para-hydroxylation sites is 1. The number of likely N-dealkylation sites (N-methyl/N-ethyl adjacent to an activating group) is 1. The number of nitrogens with zero attached hydrogens (tertiary/aromatic N) is 1. The molecule has 0 spiro atoms. The number of carbonyl (C=O) groups excluding carboxylic acids is 1. The molecule has 2 N–H and O–H groups in total. The van der Waals surface area contributed by atoms with Gasteiger partial charge < -0.3 is 10.2 Å². The topological polar surface area (TPSA) is 46.4 Å². The lowest BCUT2D eigenvalue weighted by Gasteiger charge is -2.12. The Labute approximate surface area is 146 Å². The minimum atomic E-state index is 0.0258. The standard InChI is InChI=1S/C19H21N3OS/c1-3-14-8-10-15(11-9-14)20-18(23)12-22(2)13-19-21-16-6-4-5-7-17(16)24-19/h4-11H,3,12-13H2,1-2H3,(H,20,23)/p+1. The number of thiazole rings is 1. The summed E-state index contributed by atoms with van der Waals surface area (Å²) in [4.78, 5) is 17.9. The van der Waals surface area contributed by atoms with E-state index in [0.29, 0.717) is 6.54 Å². The summed E-state index contributed by atoms with van der Waals surface area (Å²) < 4.78 is 1.20. The van der Waals surface area contributed by atoms with Crippen LogP contribution in [0.3, 0.4) is 0 Å². The summed E-state index contributed by atoms with van der Waals surface area (Å²) >= 11 is 1.70. The molecule has 5 heteroatoms. The molecule has 124 valence electrons. The summed E-state index contributed by atoms with van der Waals surface area (Å²) in [6.45, 7) is 3.29. The van der Waals surface area contributed by atoms with Crippen molar-refractivity contribution in [2.45, 2.75) is 19.9 Å². The minimum Gasteiger partial charge on any atom is -0.324 e. The van der Waals surface area contributed by atoms with Crippen LogP contribution in [-0.4, -0.2) is 24.5 Å². The molecule has 0 saturated carbocycles. The van der Waals surface area contributed by atoms with E-state index in [1.54, 1.807) is 11.3 Å². The van der Waals surface area contributed by atoms with Gasteiger partial charge in [0.05, 0.1) is 17.3 Å². The molecule has 0 fully saturated rings. The maximum Gasteiger partial charge on any atom is 0.279 e. The summed E-state index contributed by atoms with van der Waals surface area (Å²) in [5, 5.41) is 4.02. The van der Waals surface area contributed by atoms with E-state index in [1.165, 1.54) is 10.3 Å². The minimum absolute atomic E-state index is 0.0258. The van der Waals surface area contributed by atoms with Crippen LogP contribution in [0.2, 0.25) is 0 Å². The van der Waals surface area contributed by atoms with Crippen LogP contribution in [0.4, 0.5) is 5.69 Å². The summed E-state index contributed by atoms with van der Waals surface area (Å²) in [5.74, 6) is 0.0258.